The normalized spacial score (nSPS) is 18.6. The van der Waals surface area contributed by atoms with E-state index >= 15 is 0 Å². The molecule has 12 heavy (non-hydrogen) atoms. The molecule has 3 nitrogen and oxygen atoms in total. The van der Waals surface area contributed by atoms with E-state index in [-0.39, 0.29) is 5.91 Å². The summed E-state index contributed by atoms with van der Waals surface area (Å²) >= 11 is 0. The van der Waals surface area contributed by atoms with Gasteiger partial charge in [-0.05, 0) is 33.1 Å². The Morgan fingerprint density at radius 2 is 2.08 bits per heavy atom. The van der Waals surface area contributed by atoms with Crippen LogP contribution < -0.4 is 5.32 Å². The second-order valence-corrected chi connectivity index (χ2v) is 3.82. The van der Waals surface area contributed by atoms with Crippen LogP contribution in [0.1, 0.15) is 33.1 Å². The molecule has 1 N–H and O–H groups in total. The number of nitrogens with one attached hydrogen (secondary N) is 1. The number of carbonyl (C=O) groups is 1. The second-order valence-electron chi connectivity index (χ2n) is 3.82. The van der Waals surface area contributed by atoms with Crippen molar-refractivity contribution in [2.45, 2.75) is 44.8 Å². The molecule has 0 heterocycles. The number of rotatable bonds is 3. The van der Waals surface area contributed by atoms with E-state index in [2.05, 4.69) is 5.32 Å². The van der Waals surface area contributed by atoms with Gasteiger partial charge in [0.25, 0.3) is 5.91 Å². The van der Waals surface area contributed by atoms with Crippen LogP contribution in [0.3, 0.4) is 0 Å². The lowest BCUT2D eigenvalue weighted by Gasteiger charge is -2.30. The molecule has 0 unspecified atom stereocenters. The van der Waals surface area contributed by atoms with E-state index in [1.54, 1.807) is 21.0 Å². The quantitative estimate of drug-likeness (QED) is 0.690. The maximum atomic E-state index is 11.5. The van der Waals surface area contributed by atoms with Crippen molar-refractivity contribution in [1.82, 2.24) is 5.32 Å². The summed E-state index contributed by atoms with van der Waals surface area (Å²) in [5, 5.41) is 2.94. The first-order valence-corrected chi connectivity index (χ1v) is 4.42. The van der Waals surface area contributed by atoms with Crippen molar-refractivity contribution in [3.8, 4) is 0 Å². The van der Waals surface area contributed by atoms with E-state index in [0.717, 1.165) is 12.8 Å². The Balaban J connectivity index is 2.35. The lowest BCUT2D eigenvalue weighted by Crippen LogP contribution is -2.49. The molecule has 0 saturated heterocycles. The van der Waals surface area contributed by atoms with Gasteiger partial charge in [0, 0.05) is 13.2 Å². The molecule has 1 aliphatic carbocycles. The van der Waals surface area contributed by atoms with E-state index in [0.29, 0.717) is 6.04 Å². The Hall–Kier alpha value is -0.570. The predicted molar refractivity (Wildman–Crippen MR) is 46.9 cm³/mol. The number of hydrogen-bond donors (Lipinski definition) is 1. The highest BCUT2D eigenvalue weighted by molar-refractivity contribution is 5.84. The largest absolute Gasteiger partial charge is 0.369 e. The Labute approximate surface area is 73.5 Å². The smallest absolute Gasteiger partial charge is 0.251 e. The van der Waals surface area contributed by atoms with E-state index < -0.39 is 5.60 Å². The molecule has 1 rings (SSSR count). The standard InChI is InChI=1S/C9H17NO2/c1-9(2,12-3)8(11)10-7-5-4-6-7/h7H,4-6H2,1-3H3,(H,10,11). The van der Waals surface area contributed by atoms with Crippen LogP contribution >= 0.6 is 0 Å². The van der Waals surface area contributed by atoms with Crippen LogP contribution in [0.5, 0.6) is 0 Å². The fourth-order valence-corrected chi connectivity index (χ4v) is 1.00. The molecule has 70 valence electrons. The van der Waals surface area contributed by atoms with Crippen LogP contribution in [-0.4, -0.2) is 24.7 Å². The van der Waals surface area contributed by atoms with Crippen LogP contribution in [0.2, 0.25) is 0 Å². The average molecular weight is 171 g/mol. The molecule has 0 aromatic carbocycles. The molecule has 1 saturated carbocycles. The van der Waals surface area contributed by atoms with Crippen molar-refractivity contribution in [2.75, 3.05) is 7.11 Å². The highest BCUT2D eigenvalue weighted by Crippen LogP contribution is 2.19. The lowest BCUT2D eigenvalue weighted by molar-refractivity contribution is -0.140. The van der Waals surface area contributed by atoms with Crippen molar-refractivity contribution >= 4 is 5.91 Å². The van der Waals surface area contributed by atoms with E-state index in [4.69, 9.17) is 4.74 Å². The van der Waals surface area contributed by atoms with Crippen molar-refractivity contribution < 1.29 is 9.53 Å². The van der Waals surface area contributed by atoms with Crippen molar-refractivity contribution in [3.05, 3.63) is 0 Å². The van der Waals surface area contributed by atoms with Crippen molar-refractivity contribution in [3.63, 3.8) is 0 Å². The van der Waals surface area contributed by atoms with Crippen LogP contribution in [0.15, 0.2) is 0 Å². The van der Waals surface area contributed by atoms with Crippen LogP contribution in [0.25, 0.3) is 0 Å². The van der Waals surface area contributed by atoms with Gasteiger partial charge in [-0.25, -0.2) is 0 Å². The molecular weight excluding hydrogens is 154 g/mol. The molecule has 0 aromatic rings. The Morgan fingerprint density at radius 1 is 1.50 bits per heavy atom. The summed E-state index contributed by atoms with van der Waals surface area (Å²) in [7, 11) is 1.56. The molecule has 0 aliphatic heterocycles. The number of hydrogen-bond acceptors (Lipinski definition) is 2. The van der Waals surface area contributed by atoms with Gasteiger partial charge in [-0.1, -0.05) is 0 Å². The third kappa shape index (κ3) is 1.97. The molecule has 1 aliphatic rings. The maximum absolute atomic E-state index is 11.5. The SMILES string of the molecule is COC(C)(C)C(=O)NC1CCC1. The molecule has 0 atom stereocenters. The topological polar surface area (TPSA) is 38.3 Å². The van der Waals surface area contributed by atoms with Gasteiger partial charge in [-0.15, -0.1) is 0 Å². The Morgan fingerprint density at radius 3 is 2.42 bits per heavy atom. The second kappa shape index (κ2) is 3.44. The minimum Gasteiger partial charge on any atom is -0.369 e. The molecule has 3 heteroatoms. The number of carbonyl (C=O) groups excluding carboxylic acids is 1. The zero-order chi connectivity index (χ0) is 9.19. The van der Waals surface area contributed by atoms with Crippen molar-refractivity contribution in [2.24, 2.45) is 0 Å². The van der Waals surface area contributed by atoms with E-state index in [1.165, 1.54) is 6.42 Å². The molecule has 0 aromatic heterocycles. The third-order valence-electron chi connectivity index (χ3n) is 2.50. The minimum atomic E-state index is -0.685. The summed E-state index contributed by atoms with van der Waals surface area (Å²) in [6, 6.07) is 0.395. The number of amides is 1. The van der Waals surface area contributed by atoms with Gasteiger partial charge in [0.1, 0.15) is 5.60 Å². The van der Waals surface area contributed by atoms with E-state index in [9.17, 15) is 4.79 Å². The zero-order valence-corrected chi connectivity index (χ0v) is 8.02. The molecule has 0 bridgehead atoms. The average Bonchev–Trinajstić information content (AvgIpc) is 1.96. The molecule has 1 amide bonds. The maximum Gasteiger partial charge on any atom is 0.251 e. The summed E-state index contributed by atoms with van der Waals surface area (Å²) < 4.78 is 5.06. The summed E-state index contributed by atoms with van der Waals surface area (Å²) in [4.78, 5) is 11.5. The zero-order valence-electron chi connectivity index (χ0n) is 8.02. The third-order valence-corrected chi connectivity index (χ3v) is 2.50. The molecule has 0 radical (unpaired) electrons. The van der Waals surface area contributed by atoms with Gasteiger partial charge in [0.2, 0.25) is 0 Å². The Kier molecular flexibility index (Phi) is 2.73. The first-order chi connectivity index (χ1) is 5.56. The summed E-state index contributed by atoms with van der Waals surface area (Å²) in [6.45, 7) is 3.56. The number of ether oxygens (including phenoxy) is 1. The fourth-order valence-electron chi connectivity index (χ4n) is 1.00. The van der Waals surface area contributed by atoms with Gasteiger partial charge in [0.05, 0.1) is 0 Å². The minimum absolute atomic E-state index is 0.00491. The number of methoxy groups -OCH3 is 1. The van der Waals surface area contributed by atoms with Gasteiger partial charge in [0.15, 0.2) is 0 Å². The lowest BCUT2D eigenvalue weighted by atomic mass is 9.92. The van der Waals surface area contributed by atoms with Gasteiger partial charge in [-0.2, -0.15) is 0 Å². The van der Waals surface area contributed by atoms with Gasteiger partial charge in [-0.3, -0.25) is 4.79 Å². The molecular formula is C9H17NO2. The first-order valence-electron chi connectivity index (χ1n) is 4.42. The highest BCUT2D eigenvalue weighted by Gasteiger charge is 2.30. The fraction of sp³-hybridized carbons (Fsp3) is 0.889. The Bertz CT molecular complexity index is 173. The van der Waals surface area contributed by atoms with Gasteiger partial charge < -0.3 is 10.1 Å². The predicted octanol–water partition coefficient (Wildman–Crippen LogP) is 1.08. The summed E-state index contributed by atoms with van der Waals surface area (Å²) in [6.07, 6.45) is 3.47. The van der Waals surface area contributed by atoms with Crippen LogP contribution in [-0.2, 0) is 9.53 Å². The van der Waals surface area contributed by atoms with Crippen LogP contribution in [0.4, 0.5) is 0 Å². The molecule has 1 fully saturated rings. The molecule has 0 spiro atoms. The van der Waals surface area contributed by atoms with Crippen molar-refractivity contribution in [1.29, 1.82) is 0 Å². The summed E-state index contributed by atoms with van der Waals surface area (Å²) in [5.41, 5.74) is -0.685. The highest BCUT2D eigenvalue weighted by atomic mass is 16.5. The monoisotopic (exact) mass is 171 g/mol. The van der Waals surface area contributed by atoms with E-state index in [1.807, 2.05) is 0 Å². The summed E-state index contributed by atoms with van der Waals surface area (Å²) in [5.74, 6) is -0.00491. The first kappa shape index (κ1) is 9.52. The van der Waals surface area contributed by atoms with Gasteiger partial charge >= 0.3 is 0 Å². The van der Waals surface area contributed by atoms with Crippen LogP contribution in [0, 0.1) is 0 Å².